The molecular weight excluding hydrogens is 436 g/mol. The number of hydrogen-bond donors (Lipinski definition) is 2. The smallest absolute Gasteiger partial charge is 0.407 e. The third-order valence-corrected chi connectivity index (χ3v) is 5.84. The van der Waals surface area contributed by atoms with Gasteiger partial charge in [0.25, 0.3) is 0 Å². The number of nitrogens with zero attached hydrogens (tertiary/aromatic N) is 4. The Kier molecular flexibility index (Phi) is 7.78. The summed E-state index contributed by atoms with van der Waals surface area (Å²) >= 11 is 0. The van der Waals surface area contributed by atoms with Gasteiger partial charge in [-0.25, -0.2) is 19.6 Å². The molecule has 2 aromatic rings. The molecule has 2 heterocycles. The minimum Gasteiger partial charge on any atom is -0.462 e. The Balaban J connectivity index is 1.92. The summed E-state index contributed by atoms with van der Waals surface area (Å²) in [5.74, 6) is -0.0707. The number of nitrogens with one attached hydrogen (secondary N) is 2. The minimum absolute atomic E-state index is 0.0723. The first-order valence-corrected chi connectivity index (χ1v) is 11.8. The summed E-state index contributed by atoms with van der Waals surface area (Å²) in [6, 6.07) is -0.197. The van der Waals surface area contributed by atoms with Gasteiger partial charge in [0.15, 0.2) is 0 Å². The highest BCUT2D eigenvalue weighted by Crippen LogP contribution is 2.29. The fourth-order valence-electron chi connectivity index (χ4n) is 4.11. The third-order valence-electron chi connectivity index (χ3n) is 5.84. The van der Waals surface area contributed by atoms with E-state index in [1.165, 1.54) is 0 Å². The highest BCUT2D eigenvalue weighted by Gasteiger charge is 2.30. The molecule has 1 amide bonds. The molecule has 0 saturated heterocycles. The first kappa shape index (κ1) is 25.5. The van der Waals surface area contributed by atoms with E-state index in [9.17, 15) is 9.59 Å². The summed E-state index contributed by atoms with van der Waals surface area (Å²) in [5.41, 5.74) is 2.37. The molecule has 0 aromatic carbocycles. The highest BCUT2D eigenvalue weighted by molar-refractivity contribution is 5.97. The second-order valence-corrected chi connectivity index (χ2v) is 9.63. The van der Waals surface area contributed by atoms with Gasteiger partial charge in [0, 0.05) is 24.3 Å². The maximum absolute atomic E-state index is 12.8. The Labute approximate surface area is 200 Å². The van der Waals surface area contributed by atoms with Crippen molar-refractivity contribution in [2.45, 2.75) is 84.9 Å². The molecule has 10 nitrogen and oxygen atoms in total. The maximum atomic E-state index is 12.8. The molecule has 10 heteroatoms. The number of carbonyl (C=O) groups is 2. The van der Waals surface area contributed by atoms with E-state index in [4.69, 9.17) is 14.5 Å². The summed E-state index contributed by atoms with van der Waals surface area (Å²) < 4.78 is 12.5. The molecule has 2 aromatic heterocycles. The number of esters is 1. The van der Waals surface area contributed by atoms with Crippen LogP contribution >= 0.6 is 0 Å². The maximum Gasteiger partial charge on any atom is 0.407 e. The van der Waals surface area contributed by atoms with Gasteiger partial charge in [0.1, 0.15) is 11.2 Å². The quantitative estimate of drug-likeness (QED) is 0.607. The average molecular weight is 473 g/mol. The fourth-order valence-corrected chi connectivity index (χ4v) is 4.11. The molecule has 0 aliphatic heterocycles. The van der Waals surface area contributed by atoms with E-state index in [0.717, 1.165) is 36.9 Å². The Hall–Kier alpha value is -3.17. The van der Waals surface area contributed by atoms with Gasteiger partial charge in [-0.3, -0.25) is 4.68 Å². The number of rotatable bonds is 6. The van der Waals surface area contributed by atoms with Crippen LogP contribution in [-0.4, -0.2) is 56.1 Å². The molecule has 1 aliphatic carbocycles. The summed E-state index contributed by atoms with van der Waals surface area (Å²) in [7, 11) is 1.84. The zero-order chi connectivity index (χ0) is 25.0. The van der Waals surface area contributed by atoms with Crippen molar-refractivity contribution in [3.8, 4) is 11.3 Å². The SMILES string of the molecule is CCOC(=O)c1c(C)nc(N[C@@H]2CCCC[C@@H]2NC(=O)OC(C)(C)C)nc1-c1cnn(C)c1C. The van der Waals surface area contributed by atoms with E-state index in [1.807, 2.05) is 34.7 Å². The van der Waals surface area contributed by atoms with Crippen molar-refractivity contribution in [3.05, 3.63) is 23.1 Å². The number of hydrogen-bond acceptors (Lipinski definition) is 8. The predicted molar refractivity (Wildman–Crippen MR) is 129 cm³/mol. The topological polar surface area (TPSA) is 120 Å². The van der Waals surface area contributed by atoms with Crippen LogP contribution in [0.25, 0.3) is 11.3 Å². The van der Waals surface area contributed by atoms with Gasteiger partial charge >= 0.3 is 12.1 Å². The Bertz CT molecular complexity index is 1040. The van der Waals surface area contributed by atoms with E-state index in [1.54, 1.807) is 24.7 Å². The van der Waals surface area contributed by atoms with Gasteiger partial charge in [-0.1, -0.05) is 12.8 Å². The van der Waals surface area contributed by atoms with Crippen molar-refractivity contribution in [3.63, 3.8) is 0 Å². The van der Waals surface area contributed by atoms with Gasteiger partial charge < -0.3 is 20.1 Å². The zero-order valence-corrected chi connectivity index (χ0v) is 21.2. The molecule has 34 heavy (non-hydrogen) atoms. The lowest BCUT2D eigenvalue weighted by atomic mass is 9.90. The molecule has 1 saturated carbocycles. The van der Waals surface area contributed by atoms with Crippen molar-refractivity contribution in [1.82, 2.24) is 25.1 Å². The Morgan fingerprint density at radius 3 is 2.41 bits per heavy atom. The second kappa shape index (κ2) is 10.4. The van der Waals surface area contributed by atoms with Crippen LogP contribution in [0.5, 0.6) is 0 Å². The number of aromatic nitrogens is 4. The third kappa shape index (κ3) is 6.03. The minimum atomic E-state index is -0.568. The molecule has 0 radical (unpaired) electrons. The van der Waals surface area contributed by atoms with Crippen molar-refractivity contribution < 1.29 is 19.1 Å². The first-order valence-electron chi connectivity index (χ1n) is 11.8. The lowest BCUT2D eigenvalue weighted by Gasteiger charge is -2.33. The standard InChI is InChI=1S/C24H36N6O4/c1-8-33-21(31)19-14(2)26-22(29-20(19)16-13-25-30(7)15(16)3)27-17-11-9-10-12-18(17)28-23(32)34-24(4,5)6/h13,17-18H,8-12H2,1-7H3,(H,28,32)(H,26,27,29)/t17-,18+/m1/s1. The van der Waals surface area contributed by atoms with Crippen LogP contribution < -0.4 is 10.6 Å². The summed E-state index contributed by atoms with van der Waals surface area (Å²) in [5, 5.41) is 10.7. The Morgan fingerprint density at radius 1 is 1.15 bits per heavy atom. The lowest BCUT2D eigenvalue weighted by Crippen LogP contribution is -2.50. The van der Waals surface area contributed by atoms with E-state index in [2.05, 4.69) is 20.7 Å². The molecule has 2 N–H and O–H groups in total. The molecule has 0 unspecified atom stereocenters. The normalized spacial score (nSPS) is 18.3. The zero-order valence-electron chi connectivity index (χ0n) is 21.2. The van der Waals surface area contributed by atoms with Crippen LogP contribution in [0.4, 0.5) is 10.7 Å². The van der Waals surface area contributed by atoms with E-state index in [0.29, 0.717) is 22.9 Å². The van der Waals surface area contributed by atoms with Crippen LogP contribution in [0, 0.1) is 13.8 Å². The van der Waals surface area contributed by atoms with Gasteiger partial charge in [0.05, 0.1) is 30.2 Å². The first-order chi connectivity index (χ1) is 16.0. The molecule has 1 fully saturated rings. The van der Waals surface area contributed by atoms with Gasteiger partial charge in [-0.15, -0.1) is 0 Å². The molecule has 2 atom stereocenters. The van der Waals surface area contributed by atoms with Crippen LogP contribution in [0.2, 0.25) is 0 Å². The number of aryl methyl sites for hydroxylation is 2. The highest BCUT2D eigenvalue weighted by atomic mass is 16.6. The van der Waals surface area contributed by atoms with Crippen LogP contribution in [0.1, 0.15) is 75.1 Å². The summed E-state index contributed by atoms with van der Waals surface area (Å²) in [6.07, 6.45) is 4.97. The number of anilines is 1. The molecule has 0 bridgehead atoms. The average Bonchev–Trinajstić information content (AvgIpc) is 3.06. The Morgan fingerprint density at radius 2 is 1.82 bits per heavy atom. The monoisotopic (exact) mass is 472 g/mol. The number of carbonyl (C=O) groups excluding carboxylic acids is 2. The van der Waals surface area contributed by atoms with Gasteiger partial charge in [-0.2, -0.15) is 5.10 Å². The van der Waals surface area contributed by atoms with E-state index in [-0.39, 0.29) is 18.7 Å². The lowest BCUT2D eigenvalue weighted by molar-refractivity contribution is 0.0485. The van der Waals surface area contributed by atoms with Gasteiger partial charge in [0.2, 0.25) is 5.95 Å². The largest absolute Gasteiger partial charge is 0.462 e. The second-order valence-electron chi connectivity index (χ2n) is 9.63. The van der Waals surface area contributed by atoms with E-state index >= 15 is 0 Å². The van der Waals surface area contributed by atoms with E-state index < -0.39 is 17.7 Å². The van der Waals surface area contributed by atoms with Crippen molar-refractivity contribution in [2.75, 3.05) is 11.9 Å². The fraction of sp³-hybridized carbons (Fsp3) is 0.625. The molecule has 3 rings (SSSR count). The van der Waals surface area contributed by atoms with Crippen molar-refractivity contribution in [1.29, 1.82) is 0 Å². The van der Waals surface area contributed by atoms with Crippen LogP contribution in [0.15, 0.2) is 6.20 Å². The van der Waals surface area contributed by atoms with Crippen molar-refractivity contribution >= 4 is 18.0 Å². The molecule has 0 spiro atoms. The number of amides is 1. The van der Waals surface area contributed by atoms with Crippen LogP contribution in [0.3, 0.4) is 0 Å². The molecule has 186 valence electrons. The van der Waals surface area contributed by atoms with Crippen LogP contribution in [-0.2, 0) is 16.5 Å². The molecular formula is C24H36N6O4. The summed E-state index contributed by atoms with van der Waals surface area (Å²) in [4.78, 5) is 34.4. The molecule has 1 aliphatic rings. The van der Waals surface area contributed by atoms with Gasteiger partial charge in [-0.05, 0) is 54.4 Å². The number of ether oxygens (including phenoxy) is 2. The predicted octanol–water partition coefficient (Wildman–Crippen LogP) is 3.92. The number of alkyl carbamates (subject to hydrolysis) is 1. The summed E-state index contributed by atoms with van der Waals surface area (Å²) in [6.45, 7) is 11.2. The van der Waals surface area contributed by atoms with Crippen molar-refractivity contribution in [2.24, 2.45) is 7.05 Å².